The molecule has 3 aromatic carbocycles. The molecule has 0 aromatic heterocycles. The minimum absolute atomic E-state index is 0.0161. The molecule has 0 saturated heterocycles. The predicted octanol–water partition coefficient (Wildman–Crippen LogP) is 5.45. The predicted molar refractivity (Wildman–Crippen MR) is 158 cm³/mol. The SMILES string of the molecule is COc1cccc(CN(C(=O)CN(c2cccc(Cl)c2Cl)S(=O)(=O)c2ccc(C)cc2)[C@@H](C)C(=O)NC(C)C)c1. The number of carbonyl (C=O) groups excluding carboxylic acids is 2. The zero-order chi connectivity index (χ0) is 29.6. The molecule has 0 fully saturated rings. The molecule has 1 atom stereocenters. The molecule has 0 aliphatic rings. The first-order valence-electron chi connectivity index (χ1n) is 12.6. The molecule has 40 heavy (non-hydrogen) atoms. The van der Waals surface area contributed by atoms with Crippen LogP contribution in [0.15, 0.2) is 71.6 Å². The summed E-state index contributed by atoms with van der Waals surface area (Å²) in [6.07, 6.45) is 0. The van der Waals surface area contributed by atoms with Crippen molar-refractivity contribution in [2.45, 2.75) is 51.2 Å². The first kappa shape index (κ1) is 31.3. The molecule has 0 unspecified atom stereocenters. The molecule has 2 amide bonds. The van der Waals surface area contributed by atoms with E-state index in [1.54, 1.807) is 49.4 Å². The van der Waals surface area contributed by atoms with E-state index in [0.717, 1.165) is 9.87 Å². The number of carbonyl (C=O) groups is 2. The summed E-state index contributed by atoms with van der Waals surface area (Å²) in [6, 6.07) is 16.8. The third kappa shape index (κ3) is 7.47. The van der Waals surface area contributed by atoms with E-state index in [1.165, 1.54) is 36.3 Å². The summed E-state index contributed by atoms with van der Waals surface area (Å²) in [6.45, 7) is 6.47. The Morgan fingerprint density at radius 2 is 1.62 bits per heavy atom. The first-order chi connectivity index (χ1) is 18.8. The van der Waals surface area contributed by atoms with E-state index in [0.29, 0.717) is 11.3 Å². The van der Waals surface area contributed by atoms with Gasteiger partial charge in [-0.05, 0) is 69.7 Å². The number of nitrogens with one attached hydrogen (secondary N) is 1. The van der Waals surface area contributed by atoms with Gasteiger partial charge in [0.25, 0.3) is 10.0 Å². The number of hydrogen-bond donors (Lipinski definition) is 1. The Bertz CT molecular complexity index is 1460. The monoisotopic (exact) mass is 605 g/mol. The summed E-state index contributed by atoms with van der Waals surface area (Å²) in [5.74, 6) is -0.403. The van der Waals surface area contributed by atoms with Gasteiger partial charge in [0.1, 0.15) is 18.3 Å². The van der Waals surface area contributed by atoms with Gasteiger partial charge in [0.15, 0.2) is 0 Å². The van der Waals surface area contributed by atoms with Crippen LogP contribution in [0.25, 0.3) is 0 Å². The van der Waals surface area contributed by atoms with Gasteiger partial charge in [-0.15, -0.1) is 0 Å². The first-order valence-corrected chi connectivity index (χ1v) is 14.8. The number of rotatable bonds is 11. The van der Waals surface area contributed by atoms with Crippen LogP contribution in [0.3, 0.4) is 0 Å². The largest absolute Gasteiger partial charge is 0.497 e. The number of benzene rings is 3. The van der Waals surface area contributed by atoms with Gasteiger partial charge < -0.3 is 15.0 Å². The summed E-state index contributed by atoms with van der Waals surface area (Å²) in [5, 5.41) is 2.94. The Labute approximate surface area is 245 Å². The van der Waals surface area contributed by atoms with Crippen LogP contribution in [0.5, 0.6) is 5.75 Å². The second-order valence-electron chi connectivity index (χ2n) is 9.61. The lowest BCUT2D eigenvalue weighted by molar-refractivity contribution is -0.139. The molecule has 214 valence electrons. The highest BCUT2D eigenvalue weighted by atomic mass is 35.5. The molecule has 0 radical (unpaired) electrons. The average molecular weight is 607 g/mol. The maximum absolute atomic E-state index is 14.0. The van der Waals surface area contributed by atoms with Crippen molar-refractivity contribution in [3.05, 3.63) is 87.9 Å². The molecule has 11 heteroatoms. The number of aryl methyl sites for hydroxylation is 1. The maximum atomic E-state index is 14.0. The fourth-order valence-electron chi connectivity index (χ4n) is 3.99. The number of hydrogen-bond acceptors (Lipinski definition) is 5. The summed E-state index contributed by atoms with van der Waals surface area (Å²) in [5.41, 5.74) is 1.62. The minimum Gasteiger partial charge on any atom is -0.497 e. The lowest BCUT2D eigenvalue weighted by Crippen LogP contribution is -2.52. The van der Waals surface area contributed by atoms with Gasteiger partial charge in [-0.2, -0.15) is 0 Å². The van der Waals surface area contributed by atoms with Crippen LogP contribution in [0.2, 0.25) is 10.0 Å². The fourth-order valence-corrected chi connectivity index (χ4v) is 5.86. The van der Waals surface area contributed by atoms with Crippen molar-refractivity contribution in [2.24, 2.45) is 0 Å². The van der Waals surface area contributed by atoms with Gasteiger partial charge in [-0.25, -0.2) is 8.42 Å². The number of nitrogens with zero attached hydrogens (tertiary/aromatic N) is 2. The third-order valence-electron chi connectivity index (χ3n) is 6.17. The molecule has 0 saturated carbocycles. The molecule has 0 heterocycles. The second kappa shape index (κ2) is 13.4. The summed E-state index contributed by atoms with van der Waals surface area (Å²) in [4.78, 5) is 28.3. The minimum atomic E-state index is -4.27. The molecule has 3 aromatic rings. The Kier molecular flexibility index (Phi) is 10.5. The van der Waals surface area contributed by atoms with Gasteiger partial charge in [-0.1, -0.05) is 59.1 Å². The van der Waals surface area contributed by atoms with Gasteiger partial charge in [-0.3, -0.25) is 13.9 Å². The van der Waals surface area contributed by atoms with Crippen LogP contribution in [-0.2, 0) is 26.2 Å². The molecule has 0 aliphatic heterocycles. The van der Waals surface area contributed by atoms with Crippen LogP contribution in [0.4, 0.5) is 5.69 Å². The molecule has 3 rings (SSSR count). The number of ether oxygens (including phenoxy) is 1. The van der Waals surface area contributed by atoms with Crippen molar-refractivity contribution in [3.63, 3.8) is 0 Å². The summed E-state index contributed by atoms with van der Waals surface area (Å²) >= 11 is 12.7. The van der Waals surface area contributed by atoms with Gasteiger partial charge in [0.2, 0.25) is 11.8 Å². The Morgan fingerprint density at radius 3 is 2.25 bits per heavy atom. The second-order valence-corrected chi connectivity index (χ2v) is 12.3. The molecule has 0 spiro atoms. The fraction of sp³-hybridized carbons (Fsp3) is 0.310. The van der Waals surface area contributed by atoms with Gasteiger partial charge in [0, 0.05) is 12.6 Å². The van der Waals surface area contributed by atoms with E-state index in [9.17, 15) is 18.0 Å². The number of amides is 2. The van der Waals surface area contributed by atoms with E-state index in [1.807, 2.05) is 20.8 Å². The lowest BCUT2D eigenvalue weighted by Gasteiger charge is -2.32. The normalized spacial score (nSPS) is 12.1. The van der Waals surface area contributed by atoms with E-state index in [2.05, 4.69) is 5.32 Å². The van der Waals surface area contributed by atoms with Crippen molar-refractivity contribution < 1.29 is 22.7 Å². The zero-order valence-electron chi connectivity index (χ0n) is 23.0. The van der Waals surface area contributed by atoms with Crippen LogP contribution in [-0.4, -0.2) is 50.9 Å². The molecule has 1 N–H and O–H groups in total. The number of halogens is 2. The van der Waals surface area contributed by atoms with E-state index in [-0.39, 0.29) is 39.1 Å². The van der Waals surface area contributed by atoms with Crippen molar-refractivity contribution in [3.8, 4) is 5.75 Å². The maximum Gasteiger partial charge on any atom is 0.264 e. The standard InChI is InChI=1S/C29H33Cl2N3O5S/c1-19(2)32-29(36)21(4)33(17-22-8-6-9-23(16-22)39-5)27(35)18-34(26-11-7-10-25(30)28(26)31)40(37,38)24-14-12-20(3)13-15-24/h6-16,19,21H,17-18H2,1-5H3,(H,32,36)/t21-/m0/s1. The third-order valence-corrected chi connectivity index (χ3v) is 8.76. The quantitative estimate of drug-likeness (QED) is 0.313. The zero-order valence-corrected chi connectivity index (χ0v) is 25.3. The van der Waals surface area contributed by atoms with Gasteiger partial charge >= 0.3 is 0 Å². The highest BCUT2D eigenvalue weighted by molar-refractivity contribution is 7.92. The van der Waals surface area contributed by atoms with Crippen molar-refractivity contribution in [1.82, 2.24) is 10.2 Å². The van der Waals surface area contributed by atoms with Crippen molar-refractivity contribution in [2.75, 3.05) is 18.0 Å². The van der Waals surface area contributed by atoms with Crippen LogP contribution in [0.1, 0.15) is 31.9 Å². The van der Waals surface area contributed by atoms with Crippen molar-refractivity contribution in [1.29, 1.82) is 0 Å². The van der Waals surface area contributed by atoms with Crippen LogP contribution >= 0.6 is 23.2 Å². The number of anilines is 1. The Hall–Kier alpha value is -3.27. The highest BCUT2D eigenvalue weighted by Gasteiger charge is 2.33. The molecular formula is C29H33Cl2N3O5S. The molecule has 8 nitrogen and oxygen atoms in total. The Morgan fingerprint density at radius 1 is 0.975 bits per heavy atom. The van der Waals surface area contributed by atoms with E-state index >= 15 is 0 Å². The lowest BCUT2D eigenvalue weighted by atomic mass is 10.1. The number of methoxy groups -OCH3 is 1. The number of sulfonamides is 1. The van der Waals surface area contributed by atoms with Crippen LogP contribution in [0, 0.1) is 6.92 Å². The summed E-state index contributed by atoms with van der Waals surface area (Å²) < 4.78 is 34.1. The Balaban J connectivity index is 2.08. The van der Waals surface area contributed by atoms with E-state index < -0.39 is 28.5 Å². The van der Waals surface area contributed by atoms with Gasteiger partial charge in [0.05, 0.1) is 27.7 Å². The average Bonchev–Trinajstić information content (AvgIpc) is 2.91. The van der Waals surface area contributed by atoms with Crippen LogP contribution < -0.4 is 14.4 Å². The molecular weight excluding hydrogens is 573 g/mol. The molecule has 0 aliphatic carbocycles. The summed E-state index contributed by atoms with van der Waals surface area (Å²) in [7, 11) is -2.73. The topological polar surface area (TPSA) is 96.0 Å². The smallest absolute Gasteiger partial charge is 0.264 e. The van der Waals surface area contributed by atoms with E-state index in [4.69, 9.17) is 27.9 Å². The molecule has 0 bridgehead atoms. The van der Waals surface area contributed by atoms with Crippen molar-refractivity contribution >= 4 is 50.7 Å². The highest BCUT2D eigenvalue weighted by Crippen LogP contribution is 2.35.